The summed E-state index contributed by atoms with van der Waals surface area (Å²) in [5.74, 6) is 0. The number of nitriles is 1. The largest absolute Gasteiger partial charge is 0.385 e. The fraction of sp³-hybridized carbons (Fsp3) is 0.364. The molecule has 0 fully saturated rings. The van der Waals surface area contributed by atoms with Crippen LogP contribution in [-0.2, 0) is 14.9 Å². The number of rotatable bonds is 7. The van der Waals surface area contributed by atoms with E-state index in [4.69, 9.17) is 15.1 Å². The average Bonchev–Trinajstić information content (AvgIpc) is 2.33. The van der Waals surface area contributed by atoms with Gasteiger partial charge < -0.3 is 10.1 Å². The van der Waals surface area contributed by atoms with Gasteiger partial charge in [-0.1, -0.05) is 6.07 Å². The molecule has 0 saturated heterocycles. The zero-order valence-electron chi connectivity index (χ0n) is 10.5. The van der Waals surface area contributed by atoms with E-state index in [-0.39, 0.29) is 11.3 Å². The Labute approximate surface area is 112 Å². The first-order chi connectivity index (χ1) is 8.98. The summed E-state index contributed by atoms with van der Waals surface area (Å²) in [6, 6.07) is 6.75. The molecule has 1 aromatic carbocycles. The van der Waals surface area contributed by atoms with Crippen molar-refractivity contribution >= 4 is 21.6 Å². The van der Waals surface area contributed by atoms with Crippen molar-refractivity contribution in [3.8, 4) is 6.07 Å². The molecule has 1 rings (SSSR count). The van der Waals surface area contributed by atoms with Crippen molar-refractivity contribution in [2.45, 2.75) is 6.42 Å². The highest BCUT2D eigenvalue weighted by atomic mass is 32.2. The summed E-state index contributed by atoms with van der Waals surface area (Å²) in [6.45, 7) is 1.21. The molecule has 104 valence electrons. The monoisotopic (exact) mass is 284 g/mol. The third-order valence-corrected chi connectivity index (χ3v) is 2.77. The molecule has 0 heterocycles. The first kappa shape index (κ1) is 15.2. The molecule has 0 bridgehead atoms. The van der Waals surface area contributed by atoms with E-state index in [1.165, 1.54) is 6.07 Å². The fourth-order valence-corrected chi connectivity index (χ4v) is 1.97. The number of nitrogens with zero attached hydrogens (tertiary/aromatic N) is 1. The van der Waals surface area contributed by atoms with E-state index in [9.17, 15) is 8.42 Å². The van der Waals surface area contributed by atoms with Crippen molar-refractivity contribution in [3.05, 3.63) is 23.8 Å². The standard InChI is InChI=1S/C11H16N4O3S/c1-18-7-3-6-14-10-4-2-5-11(9(10)8-12)15-19(13,16)17/h2,4-5,14-15H,3,6-7H2,1H3,(H2,13,16,17). The topological polar surface area (TPSA) is 117 Å². The summed E-state index contributed by atoms with van der Waals surface area (Å²) in [4.78, 5) is 0. The average molecular weight is 284 g/mol. The van der Waals surface area contributed by atoms with Crippen LogP contribution in [0.3, 0.4) is 0 Å². The Morgan fingerprint density at radius 1 is 1.42 bits per heavy atom. The van der Waals surface area contributed by atoms with Gasteiger partial charge in [0.1, 0.15) is 6.07 Å². The molecule has 19 heavy (non-hydrogen) atoms. The number of hydrogen-bond donors (Lipinski definition) is 3. The molecule has 0 aromatic heterocycles. The molecule has 0 saturated carbocycles. The van der Waals surface area contributed by atoms with Crippen LogP contribution in [0.4, 0.5) is 11.4 Å². The van der Waals surface area contributed by atoms with Crippen molar-refractivity contribution in [2.75, 3.05) is 30.3 Å². The third-order valence-electron chi connectivity index (χ3n) is 2.27. The van der Waals surface area contributed by atoms with Crippen LogP contribution in [-0.4, -0.2) is 28.7 Å². The Balaban J connectivity index is 2.88. The molecule has 0 atom stereocenters. The minimum atomic E-state index is -3.90. The number of nitrogens with one attached hydrogen (secondary N) is 2. The number of nitrogens with two attached hydrogens (primary N) is 1. The van der Waals surface area contributed by atoms with Crippen LogP contribution in [0.15, 0.2) is 18.2 Å². The van der Waals surface area contributed by atoms with Crippen LogP contribution in [0.25, 0.3) is 0 Å². The second kappa shape index (κ2) is 6.94. The van der Waals surface area contributed by atoms with Gasteiger partial charge in [0.25, 0.3) is 10.2 Å². The molecular formula is C11H16N4O3S. The maximum absolute atomic E-state index is 11.0. The van der Waals surface area contributed by atoms with E-state index in [2.05, 4.69) is 10.0 Å². The van der Waals surface area contributed by atoms with Crippen LogP contribution in [0.1, 0.15) is 12.0 Å². The van der Waals surface area contributed by atoms with Gasteiger partial charge in [0.05, 0.1) is 16.9 Å². The lowest BCUT2D eigenvalue weighted by Crippen LogP contribution is -2.22. The highest BCUT2D eigenvalue weighted by molar-refractivity contribution is 7.90. The summed E-state index contributed by atoms with van der Waals surface area (Å²) in [7, 11) is -2.30. The summed E-state index contributed by atoms with van der Waals surface area (Å²) in [5.41, 5.74) is 0.905. The molecule has 0 unspecified atom stereocenters. The van der Waals surface area contributed by atoms with Gasteiger partial charge in [-0.2, -0.15) is 13.7 Å². The number of benzene rings is 1. The minimum Gasteiger partial charge on any atom is -0.385 e. The zero-order chi connectivity index (χ0) is 14.3. The van der Waals surface area contributed by atoms with Gasteiger partial charge in [-0.25, -0.2) is 5.14 Å². The Morgan fingerprint density at radius 3 is 2.68 bits per heavy atom. The van der Waals surface area contributed by atoms with E-state index in [0.29, 0.717) is 18.8 Å². The summed E-state index contributed by atoms with van der Waals surface area (Å²) >= 11 is 0. The summed E-state index contributed by atoms with van der Waals surface area (Å²) < 4.78 is 29.0. The summed E-state index contributed by atoms with van der Waals surface area (Å²) in [6.07, 6.45) is 0.772. The van der Waals surface area contributed by atoms with E-state index < -0.39 is 10.2 Å². The number of anilines is 2. The lowest BCUT2D eigenvalue weighted by atomic mass is 10.1. The molecule has 0 radical (unpaired) electrons. The molecule has 0 aliphatic heterocycles. The molecule has 0 spiro atoms. The van der Waals surface area contributed by atoms with E-state index in [0.717, 1.165) is 6.42 Å². The zero-order valence-corrected chi connectivity index (χ0v) is 11.3. The van der Waals surface area contributed by atoms with Crippen LogP contribution in [0.5, 0.6) is 0 Å². The third kappa shape index (κ3) is 5.13. The van der Waals surface area contributed by atoms with Crippen molar-refractivity contribution in [1.29, 1.82) is 5.26 Å². The van der Waals surface area contributed by atoms with Gasteiger partial charge >= 0.3 is 0 Å². The van der Waals surface area contributed by atoms with E-state index in [1.807, 2.05) is 6.07 Å². The predicted octanol–water partition coefficient (Wildman–Crippen LogP) is 0.622. The normalized spacial score (nSPS) is 10.8. The highest BCUT2D eigenvalue weighted by Crippen LogP contribution is 2.23. The van der Waals surface area contributed by atoms with Crippen LogP contribution >= 0.6 is 0 Å². The Morgan fingerprint density at radius 2 is 2.11 bits per heavy atom. The molecule has 0 amide bonds. The lowest BCUT2D eigenvalue weighted by molar-refractivity contribution is 0.198. The van der Waals surface area contributed by atoms with Crippen molar-refractivity contribution in [2.24, 2.45) is 5.14 Å². The molecule has 1 aromatic rings. The Bertz CT molecular complexity index is 566. The fourth-order valence-electron chi connectivity index (χ4n) is 1.50. The smallest absolute Gasteiger partial charge is 0.296 e. The molecular weight excluding hydrogens is 268 g/mol. The van der Waals surface area contributed by atoms with Gasteiger partial charge in [0.2, 0.25) is 0 Å². The van der Waals surface area contributed by atoms with Crippen LogP contribution in [0, 0.1) is 11.3 Å². The SMILES string of the molecule is COCCCNc1cccc(NS(N)(=O)=O)c1C#N. The van der Waals surface area contributed by atoms with Gasteiger partial charge in [-0.3, -0.25) is 4.72 Å². The molecule has 0 aliphatic carbocycles. The van der Waals surface area contributed by atoms with Gasteiger partial charge in [0, 0.05) is 20.3 Å². The minimum absolute atomic E-state index is 0.154. The van der Waals surface area contributed by atoms with Gasteiger partial charge in [-0.05, 0) is 18.6 Å². The molecule has 0 aliphatic rings. The van der Waals surface area contributed by atoms with Crippen LogP contribution in [0.2, 0.25) is 0 Å². The van der Waals surface area contributed by atoms with Gasteiger partial charge in [0.15, 0.2) is 0 Å². The number of hydrogen-bond acceptors (Lipinski definition) is 5. The molecule has 8 heteroatoms. The summed E-state index contributed by atoms with van der Waals surface area (Å²) in [5, 5.41) is 17.1. The highest BCUT2D eigenvalue weighted by Gasteiger charge is 2.11. The van der Waals surface area contributed by atoms with E-state index in [1.54, 1.807) is 19.2 Å². The second-order valence-corrected chi connectivity index (χ2v) is 5.05. The van der Waals surface area contributed by atoms with Gasteiger partial charge in [-0.15, -0.1) is 0 Å². The Hall–Kier alpha value is -1.82. The van der Waals surface area contributed by atoms with Crippen LogP contribution < -0.4 is 15.2 Å². The molecule has 4 N–H and O–H groups in total. The number of methoxy groups -OCH3 is 1. The first-order valence-electron chi connectivity index (χ1n) is 5.54. The van der Waals surface area contributed by atoms with E-state index >= 15 is 0 Å². The second-order valence-electron chi connectivity index (χ2n) is 3.76. The van der Waals surface area contributed by atoms with Crippen molar-refractivity contribution < 1.29 is 13.2 Å². The van der Waals surface area contributed by atoms with Crippen molar-refractivity contribution in [3.63, 3.8) is 0 Å². The quantitative estimate of drug-likeness (QED) is 0.634. The Kier molecular flexibility index (Phi) is 5.57. The van der Waals surface area contributed by atoms with Crippen molar-refractivity contribution in [1.82, 2.24) is 0 Å². The maximum Gasteiger partial charge on any atom is 0.296 e. The lowest BCUT2D eigenvalue weighted by Gasteiger charge is -2.11. The molecule has 7 nitrogen and oxygen atoms in total. The maximum atomic E-state index is 11.0. The number of ether oxygens (including phenoxy) is 1. The first-order valence-corrected chi connectivity index (χ1v) is 7.09. The predicted molar refractivity (Wildman–Crippen MR) is 72.9 cm³/mol.